The highest BCUT2D eigenvalue weighted by molar-refractivity contribution is 5.87. The monoisotopic (exact) mass is 362 g/mol. The second kappa shape index (κ2) is 5.91. The predicted octanol–water partition coefficient (Wildman–Crippen LogP) is 3.18. The Bertz CT molecular complexity index is 678. The predicted molar refractivity (Wildman–Crippen MR) is 95.8 cm³/mol. The minimum Gasteiger partial charge on any atom is -0.454 e. The van der Waals surface area contributed by atoms with E-state index in [1.54, 1.807) is 20.1 Å². The van der Waals surface area contributed by atoms with Gasteiger partial charge >= 0.3 is 5.97 Å². The first-order valence-electron chi connectivity index (χ1n) is 9.69. The van der Waals surface area contributed by atoms with Crippen molar-refractivity contribution in [3.05, 3.63) is 23.3 Å². The first-order valence-corrected chi connectivity index (χ1v) is 9.69. The van der Waals surface area contributed by atoms with Gasteiger partial charge in [0.15, 0.2) is 12.6 Å². The Labute approximate surface area is 155 Å². The molecule has 1 heterocycles. The summed E-state index contributed by atoms with van der Waals surface area (Å²) in [7, 11) is 1.61. The van der Waals surface area contributed by atoms with Crippen molar-refractivity contribution in [1.82, 2.24) is 0 Å². The lowest BCUT2D eigenvalue weighted by Crippen LogP contribution is -2.51. The van der Waals surface area contributed by atoms with Crippen LogP contribution in [0.1, 0.15) is 47.0 Å². The van der Waals surface area contributed by atoms with Gasteiger partial charge in [-0.2, -0.15) is 0 Å². The molecular weight excluding hydrogens is 332 g/mol. The summed E-state index contributed by atoms with van der Waals surface area (Å²) in [5.41, 5.74) is 1.63. The zero-order valence-corrected chi connectivity index (χ0v) is 16.3. The van der Waals surface area contributed by atoms with E-state index in [9.17, 15) is 9.90 Å². The van der Waals surface area contributed by atoms with Gasteiger partial charge in [0, 0.05) is 29.9 Å². The van der Waals surface area contributed by atoms with E-state index in [4.69, 9.17) is 14.2 Å². The van der Waals surface area contributed by atoms with E-state index in [0.29, 0.717) is 11.5 Å². The molecule has 1 N–H and O–H groups in total. The molecule has 1 spiro atoms. The van der Waals surface area contributed by atoms with Crippen molar-refractivity contribution in [2.24, 2.45) is 28.6 Å². The SMILES string of the molecule is C/C=C(/C)C(=O)O[C@H]1C=C2[C@@H](OC)O[C@H](O)[C@@H]3CC[C@@H]4C(C)(C)[C@@H]1C[C@@]243. The number of hydrogen-bond acceptors (Lipinski definition) is 5. The maximum atomic E-state index is 12.4. The summed E-state index contributed by atoms with van der Waals surface area (Å²) in [6.45, 7) is 8.21. The Morgan fingerprint density at radius 2 is 2.08 bits per heavy atom. The number of aliphatic hydroxyl groups excluding tert-OH is 1. The largest absolute Gasteiger partial charge is 0.454 e. The van der Waals surface area contributed by atoms with Crippen molar-refractivity contribution in [2.45, 2.75) is 65.6 Å². The van der Waals surface area contributed by atoms with Crippen LogP contribution in [0.4, 0.5) is 0 Å². The summed E-state index contributed by atoms with van der Waals surface area (Å²) in [6, 6.07) is 0. The van der Waals surface area contributed by atoms with E-state index < -0.39 is 12.6 Å². The molecule has 5 heteroatoms. The molecule has 26 heavy (non-hydrogen) atoms. The molecule has 1 aliphatic heterocycles. The fraction of sp³-hybridized carbons (Fsp3) is 0.762. The lowest BCUT2D eigenvalue weighted by Gasteiger charge is -2.49. The Balaban J connectivity index is 1.79. The lowest BCUT2D eigenvalue weighted by atomic mass is 9.63. The fourth-order valence-corrected chi connectivity index (χ4v) is 6.48. The van der Waals surface area contributed by atoms with E-state index in [1.165, 1.54) is 0 Å². The van der Waals surface area contributed by atoms with Gasteiger partial charge < -0.3 is 19.3 Å². The van der Waals surface area contributed by atoms with Crippen LogP contribution >= 0.6 is 0 Å². The van der Waals surface area contributed by atoms with E-state index in [2.05, 4.69) is 19.9 Å². The van der Waals surface area contributed by atoms with E-state index in [0.717, 1.165) is 24.8 Å². The first kappa shape index (κ1) is 18.2. The number of methoxy groups -OCH3 is 1. The molecule has 0 unspecified atom stereocenters. The summed E-state index contributed by atoms with van der Waals surface area (Å²) in [6.07, 6.45) is 5.18. The molecule has 144 valence electrons. The van der Waals surface area contributed by atoms with Crippen molar-refractivity contribution in [1.29, 1.82) is 0 Å². The molecule has 0 aromatic rings. The summed E-state index contributed by atoms with van der Waals surface area (Å²) in [5.74, 6) is 0.526. The average Bonchev–Trinajstić information content (AvgIpc) is 3.08. The van der Waals surface area contributed by atoms with Crippen LogP contribution in [0.2, 0.25) is 0 Å². The van der Waals surface area contributed by atoms with Crippen molar-refractivity contribution >= 4 is 5.97 Å². The van der Waals surface area contributed by atoms with Crippen molar-refractivity contribution in [3.63, 3.8) is 0 Å². The molecule has 5 nitrogen and oxygen atoms in total. The third kappa shape index (κ3) is 2.17. The normalized spacial score (nSPS) is 45.9. The zero-order chi connectivity index (χ0) is 18.9. The van der Waals surface area contributed by atoms with Gasteiger partial charge in [0.1, 0.15) is 6.10 Å². The minimum absolute atomic E-state index is 0.0249. The van der Waals surface area contributed by atoms with Gasteiger partial charge in [-0.1, -0.05) is 19.9 Å². The number of rotatable bonds is 3. The number of carbonyl (C=O) groups is 1. The number of allylic oxidation sites excluding steroid dienone is 1. The molecule has 2 saturated carbocycles. The Hall–Kier alpha value is -1.17. The average molecular weight is 362 g/mol. The van der Waals surface area contributed by atoms with Crippen LogP contribution in [0.3, 0.4) is 0 Å². The molecule has 0 aromatic heterocycles. The number of ether oxygens (including phenoxy) is 3. The van der Waals surface area contributed by atoms with Crippen LogP contribution in [0, 0.1) is 28.6 Å². The standard InChI is InChI=1S/C21H30O5/c1-6-11(2)17(22)25-15-9-13-19(24-5)26-18(23)12-7-8-16-20(3,4)14(15)10-21(12,13)16/h6,9,12,14-16,18-19,23H,7-8,10H2,1-5H3/b11-6-/t12-,14+,15-,16+,18-,19-,21+/m0/s1. The number of aliphatic hydroxyl groups is 1. The van der Waals surface area contributed by atoms with Gasteiger partial charge in [-0.25, -0.2) is 4.79 Å². The highest BCUT2D eigenvalue weighted by atomic mass is 16.7. The molecule has 4 rings (SSSR count). The quantitative estimate of drug-likeness (QED) is 0.474. The zero-order valence-electron chi connectivity index (χ0n) is 16.3. The topological polar surface area (TPSA) is 65.0 Å². The third-order valence-electron chi connectivity index (χ3n) is 7.81. The second-order valence-corrected chi connectivity index (χ2v) is 8.97. The summed E-state index contributed by atoms with van der Waals surface area (Å²) in [4.78, 5) is 12.4. The van der Waals surface area contributed by atoms with Crippen LogP contribution in [0.5, 0.6) is 0 Å². The number of esters is 1. The number of fused-ring (bicyclic) bond motifs is 1. The Morgan fingerprint density at radius 3 is 2.73 bits per heavy atom. The summed E-state index contributed by atoms with van der Waals surface area (Å²) < 4.78 is 17.3. The number of hydrogen-bond donors (Lipinski definition) is 1. The van der Waals surface area contributed by atoms with Gasteiger partial charge in [0.05, 0.1) is 0 Å². The molecule has 7 atom stereocenters. The summed E-state index contributed by atoms with van der Waals surface area (Å²) >= 11 is 0. The molecule has 4 aliphatic rings. The van der Waals surface area contributed by atoms with E-state index in [-0.39, 0.29) is 34.7 Å². The number of carbonyl (C=O) groups excluding carboxylic acids is 1. The van der Waals surface area contributed by atoms with Gasteiger partial charge in [-0.3, -0.25) is 0 Å². The fourth-order valence-electron chi connectivity index (χ4n) is 6.48. The molecule has 3 aliphatic carbocycles. The Morgan fingerprint density at radius 1 is 1.35 bits per heavy atom. The van der Waals surface area contributed by atoms with Crippen LogP contribution in [-0.2, 0) is 19.0 Å². The Kier molecular flexibility index (Phi) is 4.14. The van der Waals surface area contributed by atoms with E-state index in [1.807, 2.05) is 6.92 Å². The van der Waals surface area contributed by atoms with Crippen LogP contribution in [0.15, 0.2) is 23.3 Å². The van der Waals surface area contributed by atoms with Crippen LogP contribution in [-0.4, -0.2) is 36.9 Å². The van der Waals surface area contributed by atoms with Crippen LogP contribution < -0.4 is 0 Å². The van der Waals surface area contributed by atoms with Crippen LogP contribution in [0.25, 0.3) is 0 Å². The molecule has 0 radical (unpaired) electrons. The first-order chi connectivity index (χ1) is 12.3. The molecule has 2 bridgehead atoms. The van der Waals surface area contributed by atoms with Gasteiger partial charge in [0.25, 0.3) is 0 Å². The lowest BCUT2D eigenvalue weighted by molar-refractivity contribution is -0.266. The maximum Gasteiger partial charge on any atom is 0.333 e. The van der Waals surface area contributed by atoms with E-state index >= 15 is 0 Å². The van der Waals surface area contributed by atoms with Crippen molar-refractivity contribution in [3.8, 4) is 0 Å². The molecule has 0 aromatic carbocycles. The van der Waals surface area contributed by atoms with Crippen molar-refractivity contribution < 1.29 is 24.1 Å². The van der Waals surface area contributed by atoms with Gasteiger partial charge in [-0.05, 0) is 56.1 Å². The van der Waals surface area contributed by atoms with Crippen molar-refractivity contribution in [2.75, 3.05) is 7.11 Å². The summed E-state index contributed by atoms with van der Waals surface area (Å²) in [5, 5.41) is 10.6. The molecular formula is C21H30O5. The second-order valence-electron chi connectivity index (χ2n) is 8.97. The molecule has 3 fully saturated rings. The molecule has 0 amide bonds. The third-order valence-corrected chi connectivity index (χ3v) is 7.81. The molecule has 1 saturated heterocycles. The highest BCUT2D eigenvalue weighted by Gasteiger charge is 2.71. The maximum absolute atomic E-state index is 12.4. The highest BCUT2D eigenvalue weighted by Crippen LogP contribution is 2.74. The van der Waals surface area contributed by atoms with Gasteiger partial charge in [0.2, 0.25) is 0 Å². The smallest absolute Gasteiger partial charge is 0.333 e. The minimum atomic E-state index is -0.791. The van der Waals surface area contributed by atoms with Gasteiger partial charge in [-0.15, -0.1) is 0 Å².